The largest absolute Gasteiger partial charge is 0.492 e. The molecule has 0 bridgehead atoms. The first-order chi connectivity index (χ1) is 14.0. The van der Waals surface area contributed by atoms with Gasteiger partial charge in [0.05, 0.1) is 13.2 Å². The van der Waals surface area contributed by atoms with Gasteiger partial charge < -0.3 is 19.3 Å². The summed E-state index contributed by atoms with van der Waals surface area (Å²) in [5, 5.41) is 11.0. The predicted octanol–water partition coefficient (Wildman–Crippen LogP) is 4.28. The molecule has 0 spiro atoms. The molecule has 2 atom stereocenters. The van der Waals surface area contributed by atoms with E-state index in [1.165, 1.54) is 11.1 Å². The van der Waals surface area contributed by atoms with Crippen molar-refractivity contribution >= 4 is 0 Å². The molecule has 0 aromatic heterocycles. The van der Waals surface area contributed by atoms with Crippen LogP contribution in [-0.4, -0.2) is 37.5 Å². The van der Waals surface area contributed by atoms with Crippen LogP contribution >= 0.6 is 0 Å². The molecule has 156 valence electrons. The fourth-order valence-corrected chi connectivity index (χ4v) is 4.52. The smallest absolute Gasteiger partial charge is 0.231 e. The molecule has 0 radical (unpaired) electrons. The zero-order valence-electron chi connectivity index (χ0n) is 17.8. The Labute approximate surface area is 173 Å². The number of methoxy groups -OCH3 is 1. The lowest BCUT2D eigenvalue weighted by Crippen LogP contribution is -2.33. The van der Waals surface area contributed by atoms with Crippen LogP contribution in [0.2, 0.25) is 0 Å². The summed E-state index contributed by atoms with van der Waals surface area (Å²) in [5.74, 6) is 2.80. The number of aliphatic hydroxyl groups is 1. The van der Waals surface area contributed by atoms with E-state index in [1.54, 1.807) is 7.11 Å². The minimum atomic E-state index is -0.545. The average molecular weight is 398 g/mol. The summed E-state index contributed by atoms with van der Waals surface area (Å²) in [5.41, 5.74) is 4.60. The van der Waals surface area contributed by atoms with Crippen molar-refractivity contribution in [3.8, 4) is 17.2 Å². The molecule has 0 saturated heterocycles. The van der Waals surface area contributed by atoms with E-state index in [1.807, 2.05) is 0 Å². The molecule has 2 aliphatic rings. The van der Waals surface area contributed by atoms with Gasteiger partial charge in [0.1, 0.15) is 0 Å². The second kappa shape index (κ2) is 8.25. The lowest BCUT2D eigenvalue weighted by atomic mass is 9.87. The highest BCUT2D eigenvalue weighted by Crippen LogP contribution is 2.50. The summed E-state index contributed by atoms with van der Waals surface area (Å²) in [4.78, 5) is 2.30. The summed E-state index contributed by atoms with van der Waals surface area (Å²) in [6.45, 7) is 5.59. The minimum absolute atomic E-state index is 0.0496. The number of ether oxygens (including phenoxy) is 3. The molecule has 0 unspecified atom stereocenters. The molecule has 1 N–H and O–H groups in total. The van der Waals surface area contributed by atoms with Gasteiger partial charge in [-0.25, -0.2) is 0 Å². The number of nitrogens with zero attached hydrogens (tertiary/aromatic N) is 1. The zero-order valence-corrected chi connectivity index (χ0v) is 17.8. The van der Waals surface area contributed by atoms with Gasteiger partial charge >= 0.3 is 0 Å². The summed E-state index contributed by atoms with van der Waals surface area (Å²) in [6.07, 6.45) is 2.04. The number of aliphatic hydroxyl groups excluding tert-OH is 1. The molecule has 2 aliphatic heterocycles. The molecular formula is C24H31NO4. The van der Waals surface area contributed by atoms with E-state index in [0.717, 1.165) is 42.0 Å². The van der Waals surface area contributed by atoms with E-state index < -0.39 is 6.10 Å². The van der Waals surface area contributed by atoms with Gasteiger partial charge in [-0.3, -0.25) is 4.90 Å². The first kappa shape index (κ1) is 20.0. The van der Waals surface area contributed by atoms with Crippen molar-refractivity contribution in [1.29, 1.82) is 0 Å². The lowest BCUT2D eigenvalue weighted by Gasteiger charge is -2.37. The van der Waals surface area contributed by atoms with Gasteiger partial charge in [-0.05, 0) is 55.0 Å². The summed E-state index contributed by atoms with van der Waals surface area (Å²) in [6, 6.07) is 10.5. The third-order valence-corrected chi connectivity index (χ3v) is 6.00. The average Bonchev–Trinajstić information content (AvgIpc) is 3.16. The third-order valence-electron chi connectivity index (χ3n) is 6.00. The number of benzene rings is 2. The van der Waals surface area contributed by atoms with Crippen LogP contribution in [0.1, 0.15) is 54.7 Å². The van der Waals surface area contributed by atoms with Gasteiger partial charge in [-0.15, -0.1) is 0 Å². The van der Waals surface area contributed by atoms with Gasteiger partial charge in [-0.1, -0.05) is 38.1 Å². The first-order valence-electron chi connectivity index (χ1n) is 10.4. The molecule has 0 aliphatic carbocycles. The summed E-state index contributed by atoms with van der Waals surface area (Å²) in [7, 11) is 3.78. The van der Waals surface area contributed by atoms with Crippen LogP contribution in [0.3, 0.4) is 0 Å². The van der Waals surface area contributed by atoms with Crippen LogP contribution in [0.5, 0.6) is 17.2 Å². The Morgan fingerprint density at radius 2 is 1.97 bits per heavy atom. The van der Waals surface area contributed by atoms with Crippen molar-refractivity contribution in [1.82, 2.24) is 4.90 Å². The van der Waals surface area contributed by atoms with Crippen LogP contribution in [0, 0.1) is 5.92 Å². The Morgan fingerprint density at radius 3 is 2.66 bits per heavy atom. The van der Waals surface area contributed by atoms with Crippen LogP contribution in [0.15, 0.2) is 30.3 Å². The second-order valence-corrected chi connectivity index (χ2v) is 8.55. The van der Waals surface area contributed by atoms with Crippen LogP contribution in [0.25, 0.3) is 0 Å². The quantitative estimate of drug-likeness (QED) is 0.789. The zero-order chi connectivity index (χ0) is 20.5. The van der Waals surface area contributed by atoms with Gasteiger partial charge in [0, 0.05) is 18.2 Å². The van der Waals surface area contributed by atoms with Crippen molar-refractivity contribution in [3.63, 3.8) is 0 Å². The van der Waals surface area contributed by atoms with Crippen molar-refractivity contribution in [2.45, 2.75) is 45.3 Å². The van der Waals surface area contributed by atoms with Gasteiger partial charge in [-0.2, -0.15) is 0 Å². The Balaban J connectivity index is 1.61. The maximum atomic E-state index is 11.0. The van der Waals surface area contributed by atoms with E-state index in [9.17, 15) is 5.11 Å². The number of likely N-dealkylation sites (N-methyl/N-ethyl adjacent to an activating group) is 1. The van der Waals surface area contributed by atoms with E-state index >= 15 is 0 Å². The minimum Gasteiger partial charge on any atom is -0.492 e. The highest BCUT2D eigenvalue weighted by molar-refractivity contribution is 5.61. The third kappa shape index (κ3) is 3.94. The molecule has 2 heterocycles. The first-order valence-corrected chi connectivity index (χ1v) is 10.4. The monoisotopic (exact) mass is 397 g/mol. The molecule has 2 aromatic rings. The highest BCUT2D eigenvalue weighted by Gasteiger charge is 2.35. The van der Waals surface area contributed by atoms with Crippen LogP contribution in [0.4, 0.5) is 0 Å². The molecule has 0 amide bonds. The van der Waals surface area contributed by atoms with E-state index in [0.29, 0.717) is 18.1 Å². The molecule has 4 rings (SSSR count). The SMILES string of the molecule is COc1c2c(cc3c1[C@@H](C[C@H](O)c1ccc(CC(C)C)cc1)N(C)CC3)OCO2. The van der Waals surface area contributed by atoms with Crippen molar-refractivity contribution in [2.24, 2.45) is 5.92 Å². The topological polar surface area (TPSA) is 51.2 Å². The Hall–Kier alpha value is -2.24. The fourth-order valence-electron chi connectivity index (χ4n) is 4.52. The normalized spacial score (nSPS) is 19.3. The molecule has 0 fully saturated rings. The summed E-state index contributed by atoms with van der Waals surface area (Å²) < 4.78 is 17.0. The molecule has 5 nitrogen and oxygen atoms in total. The predicted molar refractivity (Wildman–Crippen MR) is 113 cm³/mol. The maximum Gasteiger partial charge on any atom is 0.231 e. The maximum absolute atomic E-state index is 11.0. The van der Waals surface area contributed by atoms with Crippen molar-refractivity contribution in [3.05, 3.63) is 52.6 Å². The number of fused-ring (bicyclic) bond motifs is 2. The van der Waals surface area contributed by atoms with E-state index in [-0.39, 0.29) is 12.8 Å². The van der Waals surface area contributed by atoms with Crippen molar-refractivity contribution < 1.29 is 19.3 Å². The number of rotatable bonds is 6. The van der Waals surface area contributed by atoms with E-state index in [4.69, 9.17) is 14.2 Å². The molecule has 5 heteroatoms. The fraction of sp³-hybridized carbons (Fsp3) is 0.500. The van der Waals surface area contributed by atoms with E-state index in [2.05, 4.69) is 56.1 Å². The van der Waals surface area contributed by atoms with Gasteiger partial charge in [0.15, 0.2) is 11.5 Å². The highest BCUT2D eigenvalue weighted by atomic mass is 16.7. The van der Waals surface area contributed by atoms with Gasteiger partial charge in [0.25, 0.3) is 0 Å². The summed E-state index contributed by atoms with van der Waals surface area (Å²) >= 11 is 0. The lowest BCUT2D eigenvalue weighted by molar-refractivity contribution is 0.107. The van der Waals surface area contributed by atoms with Gasteiger partial charge in [0.2, 0.25) is 12.5 Å². The number of hydrogen-bond acceptors (Lipinski definition) is 5. The number of hydrogen-bond donors (Lipinski definition) is 1. The Morgan fingerprint density at radius 1 is 1.21 bits per heavy atom. The van der Waals surface area contributed by atoms with Crippen LogP contribution < -0.4 is 14.2 Å². The Kier molecular flexibility index (Phi) is 5.70. The molecule has 29 heavy (non-hydrogen) atoms. The van der Waals surface area contributed by atoms with Crippen molar-refractivity contribution in [2.75, 3.05) is 27.5 Å². The molecule has 0 saturated carbocycles. The standard InChI is InChI=1S/C24H31NO4/c1-15(2)11-16-5-7-17(8-6-16)20(26)13-19-22-18(9-10-25(19)3)12-21-23(24(22)27-4)29-14-28-21/h5-8,12,15,19-20,26H,9-11,13-14H2,1-4H3/t19-,20+/m1/s1. The Bertz CT molecular complexity index is 862. The second-order valence-electron chi connectivity index (χ2n) is 8.55. The molecular weight excluding hydrogens is 366 g/mol. The molecule has 2 aromatic carbocycles. The van der Waals surface area contributed by atoms with Crippen LogP contribution in [-0.2, 0) is 12.8 Å².